The highest BCUT2D eigenvalue weighted by molar-refractivity contribution is 5.45. The molecule has 4 heteroatoms. The van der Waals surface area contributed by atoms with Gasteiger partial charge in [-0.1, -0.05) is 0 Å². The molecule has 19 heavy (non-hydrogen) atoms. The predicted octanol–water partition coefficient (Wildman–Crippen LogP) is 2.61. The number of methoxy groups -OCH3 is 1. The highest BCUT2D eigenvalue weighted by atomic mass is 16.5. The van der Waals surface area contributed by atoms with Crippen LogP contribution in [-0.4, -0.2) is 17.1 Å². The zero-order chi connectivity index (χ0) is 13.0. The summed E-state index contributed by atoms with van der Waals surface area (Å²) in [4.78, 5) is 9.10. The van der Waals surface area contributed by atoms with Crippen LogP contribution in [0.2, 0.25) is 0 Å². The van der Waals surface area contributed by atoms with Gasteiger partial charge in [0.05, 0.1) is 13.3 Å². The number of hydrogen-bond acceptors (Lipinski definition) is 4. The topological polar surface area (TPSA) is 61.0 Å². The molecule has 5 rings (SSSR count). The molecule has 1 heterocycles. The number of nitrogens with zero attached hydrogens (tertiary/aromatic N) is 2. The van der Waals surface area contributed by atoms with Crippen LogP contribution in [0.1, 0.15) is 43.8 Å². The molecule has 4 saturated carbocycles. The van der Waals surface area contributed by atoms with E-state index in [0.29, 0.717) is 17.5 Å². The summed E-state index contributed by atoms with van der Waals surface area (Å²) in [6, 6.07) is 0. The van der Waals surface area contributed by atoms with Crippen molar-refractivity contribution in [3.8, 4) is 5.88 Å². The molecule has 0 amide bonds. The molecule has 1 aromatic heterocycles. The van der Waals surface area contributed by atoms with Gasteiger partial charge < -0.3 is 10.5 Å². The standard InChI is InChI=1S/C15H21N3O/c1-19-15-12(16)7-17-14(18-15)13-10-3-8-2-9(5-10)6-11(13)4-8/h7-11,13H,2-6,16H2,1H3. The highest BCUT2D eigenvalue weighted by Crippen LogP contribution is 2.59. The first-order chi connectivity index (χ1) is 9.24. The van der Waals surface area contributed by atoms with Gasteiger partial charge in [0.2, 0.25) is 5.88 Å². The quantitative estimate of drug-likeness (QED) is 0.886. The molecule has 4 fully saturated rings. The van der Waals surface area contributed by atoms with Crippen molar-refractivity contribution < 1.29 is 4.74 Å². The summed E-state index contributed by atoms with van der Waals surface area (Å²) >= 11 is 0. The van der Waals surface area contributed by atoms with Gasteiger partial charge in [0.25, 0.3) is 0 Å². The van der Waals surface area contributed by atoms with Crippen LogP contribution in [0.4, 0.5) is 5.69 Å². The minimum atomic E-state index is 0.537. The van der Waals surface area contributed by atoms with Gasteiger partial charge in [0.15, 0.2) is 0 Å². The highest BCUT2D eigenvalue weighted by Gasteiger charge is 2.49. The number of aromatic nitrogens is 2. The second-order valence-electron chi connectivity index (χ2n) is 6.65. The SMILES string of the molecule is COc1nc(C2C3CC4CC(C3)CC2C4)ncc1N. The molecular formula is C15H21N3O. The van der Waals surface area contributed by atoms with Gasteiger partial charge >= 0.3 is 0 Å². The fraction of sp³-hybridized carbons (Fsp3) is 0.733. The van der Waals surface area contributed by atoms with Crippen molar-refractivity contribution in [2.45, 2.75) is 38.0 Å². The largest absolute Gasteiger partial charge is 0.479 e. The number of nitrogens with two attached hydrogens (primary N) is 1. The van der Waals surface area contributed by atoms with Gasteiger partial charge in [-0.05, 0) is 55.8 Å². The smallest absolute Gasteiger partial charge is 0.240 e. The summed E-state index contributed by atoms with van der Waals surface area (Å²) in [5.74, 6) is 5.61. The maximum Gasteiger partial charge on any atom is 0.240 e. The Hall–Kier alpha value is -1.32. The third-order valence-electron chi connectivity index (χ3n) is 5.52. The number of hydrogen-bond donors (Lipinski definition) is 1. The molecule has 0 aliphatic heterocycles. The molecule has 0 atom stereocenters. The maximum atomic E-state index is 5.82. The van der Waals surface area contributed by atoms with E-state index in [0.717, 1.165) is 29.5 Å². The number of anilines is 1. The van der Waals surface area contributed by atoms with E-state index in [4.69, 9.17) is 10.5 Å². The number of rotatable bonds is 2. The summed E-state index contributed by atoms with van der Waals surface area (Å²) < 4.78 is 5.25. The molecule has 4 aliphatic carbocycles. The second-order valence-corrected chi connectivity index (χ2v) is 6.65. The molecule has 4 bridgehead atoms. The summed E-state index contributed by atoms with van der Waals surface area (Å²) in [6.45, 7) is 0. The lowest BCUT2D eigenvalue weighted by Crippen LogP contribution is -2.44. The van der Waals surface area contributed by atoms with Crippen molar-refractivity contribution in [3.05, 3.63) is 12.0 Å². The molecule has 2 N–H and O–H groups in total. The van der Waals surface area contributed by atoms with Crippen molar-refractivity contribution in [1.82, 2.24) is 9.97 Å². The van der Waals surface area contributed by atoms with E-state index in [1.54, 1.807) is 13.3 Å². The van der Waals surface area contributed by atoms with E-state index in [2.05, 4.69) is 9.97 Å². The summed E-state index contributed by atoms with van der Waals surface area (Å²) in [6.07, 6.45) is 8.72. The van der Waals surface area contributed by atoms with E-state index in [1.165, 1.54) is 32.1 Å². The minimum Gasteiger partial charge on any atom is -0.479 e. The van der Waals surface area contributed by atoms with Crippen LogP contribution in [0.3, 0.4) is 0 Å². The van der Waals surface area contributed by atoms with Crippen LogP contribution in [-0.2, 0) is 0 Å². The van der Waals surface area contributed by atoms with E-state index >= 15 is 0 Å². The first-order valence-electron chi connectivity index (χ1n) is 7.41. The molecule has 0 saturated heterocycles. The first kappa shape index (κ1) is 11.5. The molecule has 102 valence electrons. The molecule has 1 aromatic rings. The monoisotopic (exact) mass is 259 g/mol. The van der Waals surface area contributed by atoms with E-state index in [9.17, 15) is 0 Å². The Morgan fingerprint density at radius 2 is 1.74 bits per heavy atom. The van der Waals surface area contributed by atoms with Gasteiger partial charge in [0, 0.05) is 5.92 Å². The van der Waals surface area contributed by atoms with Crippen LogP contribution >= 0.6 is 0 Å². The van der Waals surface area contributed by atoms with Crippen LogP contribution in [0, 0.1) is 23.7 Å². The number of ether oxygens (including phenoxy) is 1. The Bertz CT molecular complexity index is 474. The van der Waals surface area contributed by atoms with Crippen molar-refractivity contribution in [1.29, 1.82) is 0 Å². The Morgan fingerprint density at radius 3 is 2.32 bits per heavy atom. The zero-order valence-electron chi connectivity index (χ0n) is 11.4. The van der Waals surface area contributed by atoms with Crippen LogP contribution in [0.5, 0.6) is 5.88 Å². The van der Waals surface area contributed by atoms with Crippen LogP contribution in [0.25, 0.3) is 0 Å². The van der Waals surface area contributed by atoms with Crippen molar-refractivity contribution >= 4 is 5.69 Å². The zero-order valence-corrected chi connectivity index (χ0v) is 11.4. The Morgan fingerprint density at radius 1 is 1.11 bits per heavy atom. The van der Waals surface area contributed by atoms with Gasteiger partial charge in [-0.15, -0.1) is 0 Å². The Kier molecular flexibility index (Phi) is 2.47. The minimum absolute atomic E-state index is 0.537. The average Bonchev–Trinajstić information content (AvgIpc) is 2.39. The fourth-order valence-corrected chi connectivity index (χ4v) is 5.06. The predicted molar refractivity (Wildman–Crippen MR) is 72.8 cm³/mol. The first-order valence-corrected chi connectivity index (χ1v) is 7.41. The van der Waals surface area contributed by atoms with Crippen LogP contribution in [0.15, 0.2) is 6.20 Å². The molecule has 0 unspecified atom stereocenters. The third kappa shape index (κ3) is 1.72. The summed E-state index contributed by atoms with van der Waals surface area (Å²) in [5.41, 5.74) is 6.36. The maximum absolute atomic E-state index is 5.82. The average molecular weight is 259 g/mol. The molecule has 0 aromatic carbocycles. The normalized spacial score (nSPS) is 39.5. The lowest BCUT2D eigenvalue weighted by molar-refractivity contribution is -0.00579. The lowest BCUT2D eigenvalue weighted by Gasteiger charge is -2.53. The molecule has 0 spiro atoms. The van der Waals surface area contributed by atoms with Crippen molar-refractivity contribution in [3.63, 3.8) is 0 Å². The molecule has 0 radical (unpaired) electrons. The fourth-order valence-electron chi connectivity index (χ4n) is 5.06. The number of nitrogen functional groups attached to an aromatic ring is 1. The lowest BCUT2D eigenvalue weighted by atomic mass is 9.51. The van der Waals surface area contributed by atoms with E-state index in [1.807, 2.05) is 0 Å². The Labute approximate surface area is 113 Å². The van der Waals surface area contributed by atoms with Gasteiger partial charge in [-0.2, -0.15) is 4.98 Å². The summed E-state index contributed by atoms with van der Waals surface area (Å²) in [5, 5.41) is 0. The van der Waals surface area contributed by atoms with E-state index < -0.39 is 0 Å². The second kappa shape index (κ2) is 4.09. The Balaban J connectivity index is 1.69. The summed E-state index contributed by atoms with van der Waals surface area (Å²) in [7, 11) is 1.62. The van der Waals surface area contributed by atoms with Crippen LogP contribution < -0.4 is 10.5 Å². The molecule has 4 aliphatic rings. The van der Waals surface area contributed by atoms with Crippen molar-refractivity contribution in [2.75, 3.05) is 12.8 Å². The molecule has 4 nitrogen and oxygen atoms in total. The molecular weight excluding hydrogens is 238 g/mol. The van der Waals surface area contributed by atoms with Gasteiger partial charge in [0.1, 0.15) is 11.5 Å². The third-order valence-corrected chi connectivity index (χ3v) is 5.52. The van der Waals surface area contributed by atoms with Crippen molar-refractivity contribution in [2.24, 2.45) is 23.7 Å². The van der Waals surface area contributed by atoms with E-state index in [-0.39, 0.29) is 0 Å². The van der Waals surface area contributed by atoms with Gasteiger partial charge in [-0.3, -0.25) is 0 Å². The van der Waals surface area contributed by atoms with Gasteiger partial charge in [-0.25, -0.2) is 4.98 Å².